The molecule has 2 aliphatic rings. The number of amides is 1. The van der Waals surface area contributed by atoms with E-state index in [4.69, 9.17) is 9.26 Å². The van der Waals surface area contributed by atoms with Gasteiger partial charge in [0.05, 0.1) is 17.9 Å². The van der Waals surface area contributed by atoms with E-state index in [0.717, 1.165) is 79.2 Å². The molecule has 4 rings (SSSR count). The SMILES string of the molecule is C=CC(=O)N/C=C(\C)CN1CCC(CCc2noc3c(CN(C)C)c(OCC4CC4)ccc23)CC1. The molecule has 0 radical (unpaired) electrons. The van der Waals surface area contributed by atoms with Crippen LogP contribution in [0.4, 0.5) is 0 Å². The van der Waals surface area contributed by atoms with Crippen molar-refractivity contribution in [3.63, 3.8) is 0 Å². The van der Waals surface area contributed by atoms with Crippen molar-refractivity contribution in [1.29, 1.82) is 0 Å². The molecular weight excluding hydrogens is 440 g/mol. The predicted molar refractivity (Wildman–Crippen MR) is 139 cm³/mol. The fourth-order valence-electron chi connectivity index (χ4n) is 4.79. The predicted octanol–water partition coefficient (Wildman–Crippen LogP) is 4.53. The number of nitrogens with zero attached hydrogens (tertiary/aromatic N) is 3. The molecule has 7 heteroatoms. The summed E-state index contributed by atoms with van der Waals surface area (Å²) >= 11 is 0. The second-order valence-corrected chi connectivity index (χ2v) is 10.5. The molecule has 0 unspecified atom stereocenters. The Hall–Kier alpha value is -2.64. The summed E-state index contributed by atoms with van der Waals surface area (Å²) in [6.45, 7) is 10.2. The summed E-state index contributed by atoms with van der Waals surface area (Å²) in [6.07, 6.45) is 10.1. The normalized spacial score (nSPS) is 17.8. The van der Waals surface area contributed by atoms with Gasteiger partial charge in [0.2, 0.25) is 5.91 Å². The van der Waals surface area contributed by atoms with Crippen molar-refractivity contribution in [3.05, 3.63) is 47.8 Å². The Morgan fingerprint density at radius 2 is 2.03 bits per heavy atom. The summed E-state index contributed by atoms with van der Waals surface area (Å²) in [4.78, 5) is 15.9. The van der Waals surface area contributed by atoms with Crippen LogP contribution < -0.4 is 10.1 Å². The van der Waals surface area contributed by atoms with Crippen LogP contribution in [-0.2, 0) is 17.8 Å². The topological polar surface area (TPSA) is 70.8 Å². The Kier molecular flexibility index (Phi) is 8.63. The number of ether oxygens (including phenoxy) is 1. The van der Waals surface area contributed by atoms with Crippen molar-refractivity contribution in [3.8, 4) is 5.75 Å². The third-order valence-corrected chi connectivity index (χ3v) is 7.04. The molecule has 1 aromatic heterocycles. The van der Waals surface area contributed by atoms with Crippen LogP contribution in [0.25, 0.3) is 11.0 Å². The van der Waals surface area contributed by atoms with Gasteiger partial charge in [0.1, 0.15) is 5.75 Å². The van der Waals surface area contributed by atoms with Crippen molar-refractivity contribution in [1.82, 2.24) is 20.3 Å². The molecule has 2 heterocycles. The van der Waals surface area contributed by atoms with Crippen LogP contribution in [0, 0.1) is 11.8 Å². The standard InChI is InChI=1S/C28H40N4O3/c1-5-27(33)29-16-20(2)17-32-14-12-21(13-15-32)8-10-25-23-9-11-26(34-19-22-6-7-22)24(18-31(3)4)28(23)35-30-25/h5,9,11,16,21-22H,1,6-8,10,12-15,17-19H2,2-4H3,(H,29,33)/b20-16+. The summed E-state index contributed by atoms with van der Waals surface area (Å²) in [5.74, 6) is 2.18. The average Bonchev–Trinajstić information content (AvgIpc) is 3.59. The molecule has 1 saturated heterocycles. The van der Waals surface area contributed by atoms with E-state index in [1.54, 1.807) is 6.20 Å². The van der Waals surface area contributed by atoms with Gasteiger partial charge in [-0.2, -0.15) is 0 Å². The summed E-state index contributed by atoms with van der Waals surface area (Å²) in [7, 11) is 4.14. The molecule has 1 aromatic carbocycles. The first kappa shape index (κ1) is 25.5. The van der Waals surface area contributed by atoms with Crippen molar-refractivity contribution in [2.45, 2.75) is 52.0 Å². The number of aromatic nitrogens is 1. The molecule has 1 aliphatic carbocycles. The highest BCUT2D eigenvalue weighted by molar-refractivity contribution is 5.87. The number of hydrogen-bond acceptors (Lipinski definition) is 6. The number of piperidine rings is 1. The van der Waals surface area contributed by atoms with E-state index in [1.165, 1.54) is 31.8 Å². The van der Waals surface area contributed by atoms with Gasteiger partial charge in [-0.1, -0.05) is 11.7 Å². The van der Waals surface area contributed by atoms with E-state index in [0.29, 0.717) is 11.8 Å². The van der Waals surface area contributed by atoms with Crippen LogP contribution in [0.2, 0.25) is 0 Å². The third kappa shape index (κ3) is 7.18. The maximum Gasteiger partial charge on any atom is 0.247 e. The van der Waals surface area contributed by atoms with Gasteiger partial charge in [-0.05, 0) is 108 Å². The summed E-state index contributed by atoms with van der Waals surface area (Å²) in [6, 6.07) is 4.24. The molecule has 0 spiro atoms. The van der Waals surface area contributed by atoms with Gasteiger partial charge in [-0.3, -0.25) is 9.69 Å². The van der Waals surface area contributed by atoms with Crippen LogP contribution in [-0.4, -0.2) is 61.2 Å². The van der Waals surface area contributed by atoms with Crippen molar-refractivity contribution < 1.29 is 14.1 Å². The van der Waals surface area contributed by atoms with Gasteiger partial charge in [0, 0.05) is 24.7 Å². The van der Waals surface area contributed by atoms with E-state index >= 15 is 0 Å². The molecule has 1 saturated carbocycles. The Labute approximate surface area is 209 Å². The van der Waals surface area contributed by atoms with Gasteiger partial charge in [-0.25, -0.2) is 0 Å². The molecule has 35 heavy (non-hydrogen) atoms. The van der Waals surface area contributed by atoms with Crippen molar-refractivity contribution >= 4 is 16.9 Å². The lowest BCUT2D eigenvalue weighted by Crippen LogP contribution is -2.35. The number of benzene rings is 1. The van der Waals surface area contributed by atoms with Crippen LogP contribution in [0.1, 0.15) is 50.3 Å². The second-order valence-electron chi connectivity index (χ2n) is 10.5. The maximum atomic E-state index is 11.3. The van der Waals surface area contributed by atoms with Crippen LogP contribution in [0.3, 0.4) is 0 Å². The van der Waals surface area contributed by atoms with Gasteiger partial charge in [-0.15, -0.1) is 0 Å². The van der Waals surface area contributed by atoms with E-state index in [9.17, 15) is 4.79 Å². The van der Waals surface area contributed by atoms with Gasteiger partial charge in [0.15, 0.2) is 5.58 Å². The highest BCUT2D eigenvalue weighted by Gasteiger charge is 2.24. The number of likely N-dealkylation sites (tertiary alicyclic amines) is 1. The van der Waals surface area contributed by atoms with E-state index in [-0.39, 0.29) is 5.91 Å². The Balaban J connectivity index is 1.31. The summed E-state index contributed by atoms with van der Waals surface area (Å²) in [5.41, 5.74) is 4.20. The van der Waals surface area contributed by atoms with Crippen LogP contribution in [0.15, 0.2) is 41.1 Å². The van der Waals surface area contributed by atoms with E-state index in [1.807, 2.05) is 0 Å². The fraction of sp³-hybridized carbons (Fsp3) is 0.571. The van der Waals surface area contributed by atoms with Crippen LogP contribution >= 0.6 is 0 Å². The maximum absolute atomic E-state index is 11.3. The smallest absolute Gasteiger partial charge is 0.247 e. The first-order valence-electron chi connectivity index (χ1n) is 12.9. The monoisotopic (exact) mass is 480 g/mol. The van der Waals surface area contributed by atoms with E-state index < -0.39 is 0 Å². The minimum absolute atomic E-state index is 0.167. The first-order chi connectivity index (χ1) is 16.9. The number of hydrogen-bond donors (Lipinski definition) is 1. The number of nitrogens with one attached hydrogen (secondary N) is 1. The largest absolute Gasteiger partial charge is 0.493 e. The number of rotatable bonds is 12. The minimum Gasteiger partial charge on any atom is -0.493 e. The van der Waals surface area contributed by atoms with Gasteiger partial charge >= 0.3 is 0 Å². The zero-order valence-corrected chi connectivity index (χ0v) is 21.5. The molecule has 7 nitrogen and oxygen atoms in total. The zero-order chi connectivity index (χ0) is 24.8. The number of aryl methyl sites for hydroxylation is 1. The Morgan fingerprint density at radius 3 is 2.71 bits per heavy atom. The molecule has 2 aromatic rings. The molecule has 0 atom stereocenters. The first-order valence-corrected chi connectivity index (χ1v) is 12.9. The fourth-order valence-corrected chi connectivity index (χ4v) is 4.79. The zero-order valence-electron chi connectivity index (χ0n) is 21.5. The highest BCUT2D eigenvalue weighted by atomic mass is 16.5. The lowest BCUT2D eigenvalue weighted by atomic mass is 9.91. The molecule has 190 valence electrons. The number of fused-ring (bicyclic) bond motifs is 1. The third-order valence-electron chi connectivity index (χ3n) is 7.04. The minimum atomic E-state index is -0.167. The lowest BCUT2D eigenvalue weighted by molar-refractivity contribution is -0.115. The molecule has 2 fully saturated rings. The van der Waals surface area contributed by atoms with Crippen LogP contribution in [0.5, 0.6) is 5.75 Å². The lowest BCUT2D eigenvalue weighted by Gasteiger charge is -2.32. The van der Waals surface area contributed by atoms with E-state index in [2.05, 4.69) is 60.0 Å². The highest BCUT2D eigenvalue weighted by Crippen LogP contribution is 2.35. The average molecular weight is 481 g/mol. The van der Waals surface area contributed by atoms with Crippen molar-refractivity contribution in [2.75, 3.05) is 40.3 Å². The van der Waals surface area contributed by atoms with Gasteiger partial charge in [0.25, 0.3) is 0 Å². The molecule has 1 N–H and O–H groups in total. The van der Waals surface area contributed by atoms with Gasteiger partial charge < -0.3 is 19.5 Å². The number of carbonyl (C=O) groups excluding carboxylic acids is 1. The Morgan fingerprint density at radius 1 is 1.26 bits per heavy atom. The Bertz CT molecular complexity index is 1050. The second kappa shape index (κ2) is 11.9. The number of carbonyl (C=O) groups is 1. The molecular formula is C28H40N4O3. The molecule has 1 amide bonds. The van der Waals surface area contributed by atoms with Crippen molar-refractivity contribution in [2.24, 2.45) is 11.8 Å². The quantitative estimate of drug-likeness (QED) is 0.450. The summed E-state index contributed by atoms with van der Waals surface area (Å²) < 4.78 is 12.0. The molecule has 0 bridgehead atoms. The molecule has 1 aliphatic heterocycles. The summed E-state index contributed by atoms with van der Waals surface area (Å²) in [5, 5.41) is 8.35.